The molecule has 2 heterocycles. The first-order valence-electron chi connectivity index (χ1n) is 12.1. The Morgan fingerprint density at radius 1 is 1.06 bits per heavy atom. The number of hydrogen-bond donors (Lipinski definition) is 3. The van der Waals surface area contributed by atoms with Gasteiger partial charge in [0.25, 0.3) is 5.91 Å². The third-order valence-electron chi connectivity index (χ3n) is 6.72. The van der Waals surface area contributed by atoms with Crippen LogP contribution in [0.2, 0.25) is 0 Å². The van der Waals surface area contributed by atoms with Crippen molar-refractivity contribution in [3.63, 3.8) is 0 Å². The van der Waals surface area contributed by atoms with E-state index in [1.54, 1.807) is 6.20 Å². The number of carbonyl (C=O) groups is 2. The molecule has 1 aliphatic rings. The van der Waals surface area contributed by atoms with Gasteiger partial charge in [0.05, 0.1) is 21.8 Å². The van der Waals surface area contributed by atoms with Gasteiger partial charge in [0.2, 0.25) is 5.91 Å². The number of anilines is 1. The van der Waals surface area contributed by atoms with Crippen LogP contribution < -0.4 is 10.6 Å². The molecular formula is C29H26N4O2S. The number of nitrogens with one attached hydrogen (secondary N) is 3. The lowest BCUT2D eigenvalue weighted by Gasteiger charge is -2.14. The van der Waals surface area contributed by atoms with Gasteiger partial charge in [-0.3, -0.25) is 9.59 Å². The minimum absolute atomic E-state index is 0.0645. The minimum atomic E-state index is -0.110. The highest BCUT2D eigenvalue weighted by Crippen LogP contribution is 2.34. The number of H-pyrrole nitrogens is 1. The van der Waals surface area contributed by atoms with Gasteiger partial charge in [0.1, 0.15) is 0 Å². The molecule has 36 heavy (non-hydrogen) atoms. The standard InChI is InChI=1S/C29H26N4O2S/c1-16-4-3-5-19(12-16)17(2)31-28(35)23-15-30-24-10-8-20(13-22(23)24)21-9-11-25-26(14-21)36-29(32-25)33-27(34)18-6-7-18/h3-5,8-15,17-18,30H,6-7H2,1-2H3,(H,31,35)(H,32,33,34)/t17-/m0/s1. The molecule has 0 bridgehead atoms. The van der Waals surface area contributed by atoms with Crippen molar-refractivity contribution in [2.45, 2.75) is 32.7 Å². The van der Waals surface area contributed by atoms with E-state index in [0.717, 1.165) is 50.7 Å². The average Bonchev–Trinajstić information content (AvgIpc) is 3.52. The van der Waals surface area contributed by atoms with E-state index < -0.39 is 0 Å². The minimum Gasteiger partial charge on any atom is -0.360 e. The van der Waals surface area contributed by atoms with Gasteiger partial charge in [-0.15, -0.1) is 0 Å². The van der Waals surface area contributed by atoms with Crippen molar-refractivity contribution in [3.8, 4) is 11.1 Å². The molecule has 5 aromatic rings. The maximum Gasteiger partial charge on any atom is 0.253 e. The highest BCUT2D eigenvalue weighted by molar-refractivity contribution is 7.22. The summed E-state index contributed by atoms with van der Waals surface area (Å²) in [5.74, 6) is 0.0999. The monoisotopic (exact) mass is 494 g/mol. The molecule has 3 N–H and O–H groups in total. The van der Waals surface area contributed by atoms with Crippen LogP contribution in [0.5, 0.6) is 0 Å². The summed E-state index contributed by atoms with van der Waals surface area (Å²) in [7, 11) is 0. The smallest absolute Gasteiger partial charge is 0.253 e. The molecule has 1 fully saturated rings. The molecule has 7 heteroatoms. The van der Waals surface area contributed by atoms with Crippen molar-refractivity contribution in [1.29, 1.82) is 0 Å². The van der Waals surface area contributed by atoms with Gasteiger partial charge in [0, 0.05) is 23.0 Å². The predicted octanol–water partition coefficient (Wildman–Crippen LogP) is 6.59. The van der Waals surface area contributed by atoms with Crippen LogP contribution in [-0.2, 0) is 4.79 Å². The van der Waals surface area contributed by atoms with E-state index in [1.807, 2.05) is 56.3 Å². The lowest BCUT2D eigenvalue weighted by atomic mass is 10.0. The highest BCUT2D eigenvalue weighted by atomic mass is 32.1. The summed E-state index contributed by atoms with van der Waals surface area (Å²) >= 11 is 1.49. The Hall–Kier alpha value is -3.97. The van der Waals surface area contributed by atoms with Gasteiger partial charge in [0.15, 0.2) is 5.13 Å². The fourth-order valence-corrected chi connectivity index (χ4v) is 5.40. The fourth-order valence-electron chi connectivity index (χ4n) is 4.50. The van der Waals surface area contributed by atoms with Gasteiger partial charge in [-0.1, -0.05) is 53.3 Å². The maximum atomic E-state index is 13.2. The van der Waals surface area contributed by atoms with Crippen LogP contribution in [0.1, 0.15) is 47.3 Å². The quantitative estimate of drug-likeness (QED) is 0.249. The highest BCUT2D eigenvalue weighted by Gasteiger charge is 2.30. The van der Waals surface area contributed by atoms with Crippen LogP contribution >= 0.6 is 11.3 Å². The molecule has 6 nitrogen and oxygen atoms in total. The van der Waals surface area contributed by atoms with Crippen LogP contribution in [-0.4, -0.2) is 21.8 Å². The van der Waals surface area contributed by atoms with Crippen molar-refractivity contribution in [1.82, 2.24) is 15.3 Å². The first-order valence-corrected chi connectivity index (χ1v) is 13.0. The number of hydrogen-bond acceptors (Lipinski definition) is 4. The van der Waals surface area contributed by atoms with Gasteiger partial charge in [-0.25, -0.2) is 4.98 Å². The third-order valence-corrected chi connectivity index (χ3v) is 7.65. The van der Waals surface area contributed by atoms with Crippen molar-refractivity contribution in [3.05, 3.63) is 83.6 Å². The second-order valence-corrected chi connectivity index (χ2v) is 10.6. The van der Waals surface area contributed by atoms with E-state index >= 15 is 0 Å². The van der Waals surface area contributed by atoms with Crippen molar-refractivity contribution < 1.29 is 9.59 Å². The number of rotatable bonds is 6. The van der Waals surface area contributed by atoms with Crippen molar-refractivity contribution in [2.75, 3.05) is 5.32 Å². The molecule has 1 aliphatic carbocycles. The zero-order valence-corrected chi connectivity index (χ0v) is 20.9. The molecule has 0 saturated heterocycles. The SMILES string of the molecule is Cc1cccc([C@H](C)NC(=O)c2c[nH]c3ccc(-c4ccc5nc(NC(=O)C6CC6)sc5c4)cc23)c1. The normalized spacial score (nSPS) is 14.2. The summed E-state index contributed by atoms with van der Waals surface area (Å²) in [4.78, 5) is 33.1. The molecule has 0 radical (unpaired) electrons. The van der Waals surface area contributed by atoms with Crippen molar-refractivity contribution in [2.24, 2.45) is 5.92 Å². The molecular weight excluding hydrogens is 468 g/mol. The molecule has 1 saturated carbocycles. The Labute approximate surface area is 212 Å². The maximum absolute atomic E-state index is 13.2. The van der Waals surface area contributed by atoms with Crippen LogP contribution in [0, 0.1) is 12.8 Å². The van der Waals surface area contributed by atoms with Crippen LogP contribution in [0.25, 0.3) is 32.2 Å². The summed E-state index contributed by atoms with van der Waals surface area (Å²) in [6, 6.07) is 20.3. The molecule has 0 spiro atoms. The molecule has 2 aromatic heterocycles. The van der Waals surface area contributed by atoms with Crippen molar-refractivity contribution >= 4 is 49.4 Å². The molecule has 0 aliphatic heterocycles. The van der Waals surface area contributed by atoms with Crippen LogP contribution in [0.3, 0.4) is 0 Å². The zero-order chi connectivity index (χ0) is 24.8. The topological polar surface area (TPSA) is 86.9 Å². The van der Waals surface area contributed by atoms with E-state index in [-0.39, 0.29) is 23.8 Å². The lowest BCUT2D eigenvalue weighted by Crippen LogP contribution is -2.26. The van der Waals surface area contributed by atoms with E-state index in [0.29, 0.717) is 10.7 Å². The number of nitrogens with zero attached hydrogens (tertiary/aromatic N) is 1. The van der Waals surface area contributed by atoms with E-state index in [9.17, 15) is 9.59 Å². The molecule has 2 amide bonds. The molecule has 6 rings (SSSR count). The number of thiazole rings is 1. The number of aromatic amines is 1. The Morgan fingerprint density at radius 3 is 2.67 bits per heavy atom. The Bertz CT molecular complexity index is 1630. The van der Waals surface area contributed by atoms with Gasteiger partial charge in [-0.2, -0.15) is 0 Å². The predicted molar refractivity (Wildman–Crippen MR) is 145 cm³/mol. The first-order chi connectivity index (χ1) is 17.4. The average molecular weight is 495 g/mol. The summed E-state index contributed by atoms with van der Waals surface area (Å²) < 4.78 is 1.01. The Kier molecular flexibility index (Phi) is 5.57. The van der Waals surface area contributed by atoms with E-state index in [4.69, 9.17) is 0 Å². The lowest BCUT2D eigenvalue weighted by molar-refractivity contribution is -0.117. The molecule has 3 aromatic carbocycles. The number of amides is 2. The molecule has 0 unspecified atom stereocenters. The second-order valence-electron chi connectivity index (χ2n) is 9.54. The van der Waals surface area contributed by atoms with Gasteiger partial charge in [-0.05, 0) is 67.6 Å². The number of aryl methyl sites for hydroxylation is 1. The van der Waals surface area contributed by atoms with E-state index in [1.165, 1.54) is 16.9 Å². The largest absolute Gasteiger partial charge is 0.360 e. The Balaban J connectivity index is 1.27. The van der Waals surface area contributed by atoms with Gasteiger partial charge >= 0.3 is 0 Å². The van der Waals surface area contributed by atoms with Crippen LogP contribution in [0.15, 0.2) is 66.9 Å². The Morgan fingerprint density at radius 2 is 1.86 bits per heavy atom. The fraction of sp³-hybridized carbons (Fsp3) is 0.207. The second kappa shape index (κ2) is 8.91. The first kappa shape index (κ1) is 22.5. The van der Waals surface area contributed by atoms with E-state index in [2.05, 4.69) is 38.8 Å². The summed E-state index contributed by atoms with van der Waals surface area (Å²) in [5, 5.41) is 7.59. The van der Waals surface area contributed by atoms with Gasteiger partial charge < -0.3 is 15.6 Å². The molecule has 1 atom stereocenters. The molecule has 180 valence electrons. The number of benzene rings is 3. The number of fused-ring (bicyclic) bond motifs is 2. The zero-order valence-electron chi connectivity index (χ0n) is 20.1. The summed E-state index contributed by atoms with van der Waals surface area (Å²) in [6.07, 6.45) is 3.70. The summed E-state index contributed by atoms with van der Waals surface area (Å²) in [5.41, 5.74) is 6.69. The number of aromatic nitrogens is 2. The van der Waals surface area contributed by atoms with Crippen LogP contribution in [0.4, 0.5) is 5.13 Å². The summed E-state index contributed by atoms with van der Waals surface area (Å²) in [6.45, 7) is 4.05. The third kappa shape index (κ3) is 4.38. The number of carbonyl (C=O) groups excluding carboxylic acids is 2.